The molecule has 0 fully saturated rings. The molecule has 1 aromatic heterocycles. The molecular weight excluding hydrogens is 184 g/mol. The number of nitrogens with two attached hydrogens (primary N) is 1. The van der Waals surface area contributed by atoms with Crippen molar-refractivity contribution < 1.29 is 9.63 Å². The Morgan fingerprint density at radius 2 is 2.50 bits per heavy atom. The van der Waals surface area contributed by atoms with Crippen LogP contribution in [0.1, 0.15) is 12.8 Å². The summed E-state index contributed by atoms with van der Waals surface area (Å²) in [6, 6.07) is -0.00955. The number of nitrogen functional groups attached to an aromatic ring is 1. The molecule has 6 heteroatoms. The number of rotatable bonds is 1. The molecule has 6 nitrogen and oxygen atoms in total. The predicted molar refractivity (Wildman–Crippen MR) is 50.2 cm³/mol. The van der Waals surface area contributed by atoms with E-state index in [1.807, 2.05) is 12.2 Å². The first-order valence-electron chi connectivity index (χ1n) is 4.25. The van der Waals surface area contributed by atoms with Crippen molar-refractivity contribution in [2.24, 2.45) is 4.99 Å². The van der Waals surface area contributed by atoms with Crippen molar-refractivity contribution in [2.45, 2.75) is 18.9 Å². The molecule has 0 amide bonds. The number of anilines is 1. The summed E-state index contributed by atoms with van der Waals surface area (Å²) in [5.74, 6) is 0.191. The zero-order chi connectivity index (χ0) is 9.97. The fourth-order valence-corrected chi connectivity index (χ4v) is 1.24. The Labute approximate surface area is 80.1 Å². The second-order valence-electron chi connectivity index (χ2n) is 3.03. The van der Waals surface area contributed by atoms with E-state index >= 15 is 0 Å². The molecule has 0 spiro atoms. The maximum absolute atomic E-state index is 9.34. The summed E-state index contributed by atoms with van der Waals surface area (Å²) in [6.45, 7) is 0. The Morgan fingerprint density at radius 3 is 3.14 bits per heavy atom. The zero-order valence-corrected chi connectivity index (χ0v) is 7.42. The molecule has 1 aliphatic rings. The fraction of sp³-hybridized carbons (Fsp3) is 0.375. The molecule has 3 N–H and O–H groups in total. The average molecular weight is 194 g/mol. The molecule has 1 aromatic rings. The van der Waals surface area contributed by atoms with Crippen LogP contribution in [0.25, 0.3) is 0 Å². The number of hydrogen-bond acceptors (Lipinski definition) is 6. The van der Waals surface area contributed by atoms with Gasteiger partial charge in [-0.3, -0.25) is 0 Å². The van der Waals surface area contributed by atoms with Gasteiger partial charge in [0, 0.05) is 12.1 Å². The van der Waals surface area contributed by atoms with Gasteiger partial charge in [-0.2, -0.15) is 4.98 Å². The Morgan fingerprint density at radius 1 is 1.64 bits per heavy atom. The number of allylic oxidation sites excluding steroid dienone is 1. The van der Waals surface area contributed by atoms with Gasteiger partial charge in [-0.1, -0.05) is 6.08 Å². The molecule has 14 heavy (non-hydrogen) atoms. The lowest BCUT2D eigenvalue weighted by molar-refractivity contribution is 0.184. The fourth-order valence-electron chi connectivity index (χ4n) is 1.24. The van der Waals surface area contributed by atoms with E-state index in [2.05, 4.69) is 19.7 Å². The van der Waals surface area contributed by atoms with E-state index in [-0.39, 0.29) is 18.1 Å². The van der Waals surface area contributed by atoms with Gasteiger partial charge in [0.15, 0.2) is 0 Å². The number of aliphatic hydroxyl groups excluding tert-OH is 1. The smallest absolute Gasteiger partial charge is 0.320 e. The SMILES string of the molecule is Nc1nc(N=C2C=CCC(O)C2)no1. The maximum Gasteiger partial charge on any atom is 0.320 e. The Balaban J connectivity index is 2.18. The normalized spacial score (nSPS) is 24.4. The average Bonchev–Trinajstić information content (AvgIpc) is 2.51. The molecule has 0 aromatic carbocycles. The van der Waals surface area contributed by atoms with Crippen molar-refractivity contribution >= 4 is 17.7 Å². The van der Waals surface area contributed by atoms with Gasteiger partial charge >= 0.3 is 6.01 Å². The topological polar surface area (TPSA) is 97.5 Å². The van der Waals surface area contributed by atoms with E-state index in [1.165, 1.54) is 0 Å². The van der Waals surface area contributed by atoms with Crippen LogP contribution in [-0.2, 0) is 0 Å². The number of nitrogens with zero attached hydrogens (tertiary/aromatic N) is 3. The summed E-state index contributed by atoms with van der Waals surface area (Å²) in [5.41, 5.74) is 5.96. The van der Waals surface area contributed by atoms with Crippen LogP contribution in [0.15, 0.2) is 21.7 Å². The summed E-state index contributed by atoms with van der Waals surface area (Å²) < 4.78 is 4.56. The van der Waals surface area contributed by atoms with E-state index in [4.69, 9.17) is 5.73 Å². The number of aliphatic imine (C=N–C) groups is 1. The zero-order valence-electron chi connectivity index (χ0n) is 7.42. The summed E-state index contributed by atoms with van der Waals surface area (Å²) in [5, 5.41) is 12.9. The highest BCUT2D eigenvalue weighted by atomic mass is 16.5. The van der Waals surface area contributed by atoms with Gasteiger partial charge in [0.1, 0.15) is 0 Å². The van der Waals surface area contributed by atoms with E-state index in [0.29, 0.717) is 12.8 Å². The van der Waals surface area contributed by atoms with E-state index in [0.717, 1.165) is 5.71 Å². The van der Waals surface area contributed by atoms with Crippen molar-refractivity contribution in [3.8, 4) is 0 Å². The molecule has 2 rings (SSSR count). The third-order valence-electron chi connectivity index (χ3n) is 1.84. The Bertz CT molecular complexity index is 382. The second-order valence-corrected chi connectivity index (χ2v) is 3.03. The third kappa shape index (κ3) is 1.97. The lowest BCUT2D eigenvalue weighted by Crippen LogP contribution is -2.14. The van der Waals surface area contributed by atoms with Crippen LogP contribution < -0.4 is 5.73 Å². The van der Waals surface area contributed by atoms with Crippen LogP contribution in [0, 0.1) is 0 Å². The quantitative estimate of drug-likeness (QED) is 0.675. The predicted octanol–water partition coefficient (Wildman–Crippen LogP) is 0.435. The van der Waals surface area contributed by atoms with Crippen molar-refractivity contribution in [1.82, 2.24) is 10.1 Å². The third-order valence-corrected chi connectivity index (χ3v) is 1.84. The molecule has 1 aliphatic carbocycles. The molecule has 1 heterocycles. The minimum atomic E-state index is -0.372. The Kier molecular flexibility index (Phi) is 2.28. The van der Waals surface area contributed by atoms with Crippen molar-refractivity contribution in [3.63, 3.8) is 0 Å². The minimum Gasteiger partial charge on any atom is -0.392 e. The minimum absolute atomic E-state index is 0.00955. The highest BCUT2D eigenvalue weighted by molar-refractivity contribution is 5.97. The molecular formula is C8H10N4O2. The molecule has 0 aliphatic heterocycles. The first kappa shape index (κ1) is 8.89. The first-order chi connectivity index (χ1) is 6.74. The second kappa shape index (κ2) is 3.59. The van der Waals surface area contributed by atoms with Gasteiger partial charge in [-0.15, -0.1) is 0 Å². The number of aromatic nitrogens is 2. The summed E-state index contributed by atoms with van der Waals surface area (Å²) in [6.07, 6.45) is 4.48. The van der Waals surface area contributed by atoms with Gasteiger partial charge in [-0.25, -0.2) is 4.99 Å². The summed E-state index contributed by atoms with van der Waals surface area (Å²) in [7, 11) is 0. The number of aliphatic hydroxyl groups is 1. The van der Waals surface area contributed by atoms with Crippen molar-refractivity contribution in [1.29, 1.82) is 0 Å². The van der Waals surface area contributed by atoms with E-state index < -0.39 is 0 Å². The summed E-state index contributed by atoms with van der Waals surface area (Å²) >= 11 is 0. The number of hydrogen-bond donors (Lipinski definition) is 2. The van der Waals surface area contributed by atoms with Gasteiger partial charge in [0.25, 0.3) is 5.95 Å². The monoisotopic (exact) mass is 194 g/mol. The standard InChI is InChI=1S/C8H10N4O2/c9-7-11-8(12-14-7)10-5-2-1-3-6(13)4-5/h1-2,6,13H,3-4H2,(H2,9,11,12). The van der Waals surface area contributed by atoms with Crippen LogP contribution >= 0.6 is 0 Å². The lowest BCUT2D eigenvalue weighted by atomic mass is 10.0. The maximum atomic E-state index is 9.34. The van der Waals surface area contributed by atoms with Gasteiger partial charge in [-0.05, 0) is 17.7 Å². The largest absolute Gasteiger partial charge is 0.392 e. The van der Waals surface area contributed by atoms with Crippen LogP contribution in [-0.4, -0.2) is 27.1 Å². The van der Waals surface area contributed by atoms with Crippen LogP contribution in [0.4, 0.5) is 12.0 Å². The molecule has 0 saturated heterocycles. The Hall–Kier alpha value is -1.69. The molecule has 0 bridgehead atoms. The van der Waals surface area contributed by atoms with Crippen LogP contribution in [0.5, 0.6) is 0 Å². The molecule has 1 atom stereocenters. The van der Waals surface area contributed by atoms with Gasteiger partial charge < -0.3 is 15.4 Å². The highest BCUT2D eigenvalue weighted by Crippen LogP contribution is 2.13. The molecule has 74 valence electrons. The van der Waals surface area contributed by atoms with Crippen LogP contribution in [0.3, 0.4) is 0 Å². The molecule has 0 radical (unpaired) electrons. The molecule has 0 saturated carbocycles. The summed E-state index contributed by atoms with van der Waals surface area (Å²) in [4.78, 5) is 7.79. The van der Waals surface area contributed by atoms with E-state index in [9.17, 15) is 5.11 Å². The molecule has 1 unspecified atom stereocenters. The van der Waals surface area contributed by atoms with E-state index in [1.54, 1.807) is 0 Å². The highest BCUT2D eigenvalue weighted by Gasteiger charge is 2.11. The van der Waals surface area contributed by atoms with Gasteiger partial charge in [0.05, 0.1) is 6.10 Å². The van der Waals surface area contributed by atoms with Crippen molar-refractivity contribution in [3.05, 3.63) is 12.2 Å². The first-order valence-corrected chi connectivity index (χ1v) is 4.25. The lowest BCUT2D eigenvalue weighted by Gasteiger charge is -2.11. The van der Waals surface area contributed by atoms with Crippen molar-refractivity contribution in [2.75, 3.05) is 5.73 Å². The van der Waals surface area contributed by atoms with Gasteiger partial charge in [0.2, 0.25) is 0 Å². The van der Waals surface area contributed by atoms with Crippen LogP contribution in [0.2, 0.25) is 0 Å².